The first kappa shape index (κ1) is 19.7. The highest BCUT2D eigenvalue weighted by Crippen LogP contribution is 2.30. The SMILES string of the molecule is COCCOc1ccc(C(C)NC(=O)c2c(F)cccc2F)cc1OC. The van der Waals surface area contributed by atoms with Crippen LogP contribution in [0.4, 0.5) is 8.78 Å². The summed E-state index contributed by atoms with van der Waals surface area (Å²) in [5.74, 6) is -1.63. The topological polar surface area (TPSA) is 56.8 Å². The number of carbonyl (C=O) groups excluding carboxylic acids is 1. The fraction of sp³-hybridized carbons (Fsp3) is 0.316. The molecule has 0 bridgehead atoms. The first-order chi connectivity index (χ1) is 12.5. The van der Waals surface area contributed by atoms with Crippen LogP contribution in [-0.2, 0) is 4.74 Å². The van der Waals surface area contributed by atoms with Crippen molar-refractivity contribution in [3.8, 4) is 11.5 Å². The lowest BCUT2D eigenvalue weighted by molar-refractivity contribution is 0.0931. The molecular formula is C19H21F2NO4. The van der Waals surface area contributed by atoms with E-state index in [0.717, 1.165) is 12.1 Å². The summed E-state index contributed by atoms with van der Waals surface area (Å²) in [6.07, 6.45) is 0. The minimum atomic E-state index is -0.908. The molecule has 26 heavy (non-hydrogen) atoms. The minimum Gasteiger partial charge on any atom is -0.493 e. The number of hydrogen-bond acceptors (Lipinski definition) is 4. The normalized spacial score (nSPS) is 11.7. The zero-order valence-corrected chi connectivity index (χ0v) is 14.8. The zero-order valence-electron chi connectivity index (χ0n) is 14.8. The summed E-state index contributed by atoms with van der Waals surface area (Å²) in [5, 5.41) is 2.58. The summed E-state index contributed by atoms with van der Waals surface area (Å²) in [6.45, 7) is 2.51. The van der Waals surface area contributed by atoms with Gasteiger partial charge in [-0.15, -0.1) is 0 Å². The quantitative estimate of drug-likeness (QED) is 0.728. The first-order valence-electron chi connectivity index (χ1n) is 8.02. The molecule has 0 heterocycles. The minimum absolute atomic E-state index is 0.366. The van der Waals surface area contributed by atoms with Crippen LogP contribution in [0.5, 0.6) is 11.5 Å². The van der Waals surface area contributed by atoms with Crippen molar-refractivity contribution in [3.63, 3.8) is 0 Å². The fourth-order valence-corrected chi connectivity index (χ4v) is 2.37. The van der Waals surface area contributed by atoms with Crippen LogP contribution in [0.25, 0.3) is 0 Å². The van der Waals surface area contributed by atoms with Crippen molar-refractivity contribution in [3.05, 3.63) is 59.2 Å². The van der Waals surface area contributed by atoms with Gasteiger partial charge in [0, 0.05) is 7.11 Å². The van der Waals surface area contributed by atoms with Crippen LogP contribution < -0.4 is 14.8 Å². The van der Waals surface area contributed by atoms with E-state index in [2.05, 4.69) is 5.32 Å². The molecule has 2 rings (SSSR count). The molecule has 0 saturated heterocycles. The van der Waals surface area contributed by atoms with Crippen LogP contribution in [0.15, 0.2) is 36.4 Å². The van der Waals surface area contributed by atoms with E-state index < -0.39 is 29.1 Å². The molecule has 0 fully saturated rings. The van der Waals surface area contributed by atoms with E-state index >= 15 is 0 Å². The highest BCUT2D eigenvalue weighted by atomic mass is 19.1. The Morgan fingerprint density at radius 2 is 1.77 bits per heavy atom. The van der Waals surface area contributed by atoms with E-state index in [0.29, 0.717) is 30.3 Å². The van der Waals surface area contributed by atoms with Gasteiger partial charge in [-0.3, -0.25) is 4.79 Å². The number of ether oxygens (including phenoxy) is 3. The second kappa shape index (κ2) is 9.15. The predicted octanol–water partition coefficient (Wildman–Crippen LogP) is 3.49. The van der Waals surface area contributed by atoms with Gasteiger partial charge in [0.1, 0.15) is 23.8 Å². The molecule has 0 aliphatic rings. The monoisotopic (exact) mass is 365 g/mol. The van der Waals surface area contributed by atoms with Crippen LogP contribution in [0, 0.1) is 11.6 Å². The van der Waals surface area contributed by atoms with E-state index in [1.807, 2.05) is 0 Å². The lowest BCUT2D eigenvalue weighted by atomic mass is 10.1. The highest BCUT2D eigenvalue weighted by molar-refractivity contribution is 5.95. The summed E-state index contributed by atoms with van der Waals surface area (Å²) < 4.78 is 43.2. The van der Waals surface area contributed by atoms with Gasteiger partial charge < -0.3 is 19.5 Å². The second-order valence-corrected chi connectivity index (χ2v) is 5.54. The van der Waals surface area contributed by atoms with Crippen molar-refractivity contribution in [2.45, 2.75) is 13.0 Å². The van der Waals surface area contributed by atoms with Crippen molar-refractivity contribution in [2.75, 3.05) is 27.4 Å². The van der Waals surface area contributed by atoms with E-state index in [-0.39, 0.29) is 0 Å². The van der Waals surface area contributed by atoms with Gasteiger partial charge >= 0.3 is 0 Å². The van der Waals surface area contributed by atoms with Gasteiger partial charge in [0.25, 0.3) is 5.91 Å². The third kappa shape index (κ3) is 4.70. The molecule has 0 spiro atoms. The van der Waals surface area contributed by atoms with Crippen LogP contribution in [0.3, 0.4) is 0 Å². The molecule has 0 aliphatic carbocycles. The maximum atomic E-state index is 13.7. The summed E-state index contributed by atoms with van der Waals surface area (Å²) in [5.41, 5.74) is 0.0943. The van der Waals surface area contributed by atoms with E-state index in [9.17, 15) is 13.6 Å². The van der Waals surface area contributed by atoms with Crippen molar-refractivity contribution in [1.29, 1.82) is 0 Å². The number of methoxy groups -OCH3 is 2. The van der Waals surface area contributed by atoms with Gasteiger partial charge in [-0.2, -0.15) is 0 Å². The number of hydrogen-bond donors (Lipinski definition) is 1. The molecule has 2 aromatic carbocycles. The standard InChI is InChI=1S/C19H21F2NO4/c1-12(22-19(23)18-14(20)5-4-6-15(18)21)13-7-8-16(17(11-13)25-3)26-10-9-24-2/h4-8,11-12H,9-10H2,1-3H3,(H,22,23). The molecule has 0 aromatic heterocycles. The van der Waals surface area contributed by atoms with Gasteiger partial charge in [0.15, 0.2) is 11.5 Å². The van der Waals surface area contributed by atoms with Crippen molar-refractivity contribution >= 4 is 5.91 Å². The van der Waals surface area contributed by atoms with E-state index in [4.69, 9.17) is 14.2 Å². The van der Waals surface area contributed by atoms with Gasteiger partial charge in [0.05, 0.1) is 19.8 Å². The fourth-order valence-electron chi connectivity index (χ4n) is 2.37. The Labute approximate surface area is 150 Å². The molecule has 1 N–H and O–H groups in total. The molecule has 1 unspecified atom stereocenters. The number of benzene rings is 2. The summed E-state index contributed by atoms with van der Waals surface area (Å²) in [4.78, 5) is 12.2. The predicted molar refractivity (Wildman–Crippen MR) is 92.6 cm³/mol. The maximum Gasteiger partial charge on any atom is 0.257 e. The average Bonchev–Trinajstić information content (AvgIpc) is 2.61. The van der Waals surface area contributed by atoms with Crippen LogP contribution >= 0.6 is 0 Å². The van der Waals surface area contributed by atoms with Gasteiger partial charge in [-0.25, -0.2) is 8.78 Å². The van der Waals surface area contributed by atoms with E-state index in [1.54, 1.807) is 32.2 Å². The zero-order chi connectivity index (χ0) is 19.1. The van der Waals surface area contributed by atoms with Crippen LogP contribution in [0.2, 0.25) is 0 Å². The van der Waals surface area contributed by atoms with Gasteiger partial charge in [0.2, 0.25) is 0 Å². The molecule has 5 nitrogen and oxygen atoms in total. The van der Waals surface area contributed by atoms with E-state index in [1.165, 1.54) is 13.2 Å². The van der Waals surface area contributed by atoms with Crippen LogP contribution in [-0.4, -0.2) is 33.3 Å². The molecule has 7 heteroatoms. The van der Waals surface area contributed by atoms with Crippen molar-refractivity contribution < 1.29 is 27.8 Å². The maximum absolute atomic E-state index is 13.7. The third-order valence-electron chi connectivity index (χ3n) is 3.77. The number of amides is 1. The summed E-state index contributed by atoms with van der Waals surface area (Å²) in [6, 6.07) is 7.94. The molecule has 1 amide bonds. The lowest BCUT2D eigenvalue weighted by Crippen LogP contribution is -2.28. The lowest BCUT2D eigenvalue weighted by Gasteiger charge is -2.17. The summed E-state index contributed by atoms with van der Waals surface area (Å²) >= 11 is 0. The molecule has 0 radical (unpaired) electrons. The van der Waals surface area contributed by atoms with Crippen LogP contribution in [0.1, 0.15) is 28.9 Å². The highest BCUT2D eigenvalue weighted by Gasteiger charge is 2.20. The molecule has 0 saturated carbocycles. The molecular weight excluding hydrogens is 344 g/mol. The number of halogens is 2. The Hall–Kier alpha value is -2.67. The second-order valence-electron chi connectivity index (χ2n) is 5.54. The number of rotatable bonds is 8. The van der Waals surface area contributed by atoms with Crippen molar-refractivity contribution in [2.24, 2.45) is 0 Å². The van der Waals surface area contributed by atoms with Crippen molar-refractivity contribution in [1.82, 2.24) is 5.32 Å². The Kier molecular flexibility index (Phi) is 6.91. The smallest absolute Gasteiger partial charge is 0.257 e. The Bertz CT molecular complexity index is 747. The third-order valence-corrected chi connectivity index (χ3v) is 3.77. The molecule has 0 aliphatic heterocycles. The Balaban J connectivity index is 2.14. The average molecular weight is 365 g/mol. The number of nitrogens with one attached hydrogen (secondary N) is 1. The Morgan fingerprint density at radius 3 is 2.38 bits per heavy atom. The van der Waals surface area contributed by atoms with Gasteiger partial charge in [-0.1, -0.05) is 12.1 Å². The first-order valence-corrected chi connectivity index (χ1v) is 8.02. The van der Waals surface area contributed by atoms with Gasteiger partial charge in [-0.05, 0) is 36.8 Å². The molecule has 140 valence electrons. The summed E-state index contributed by atoms with van der Waals surface area (Å²) in [7, 11) is 3.08. The largest absolute Gasteiger partial charge is 0.493 e. The molecule has 2 aromatic rings. The Morgan fingerprint density at radius 1 is 1.08 bits per heavy atom. The molecule has 1 atom stereocenters. The number of carbonyl (C=O) groups is 1.